The minimum Gasteiger partial charge on any atom is -0.392 e. The fraction of sp³-hybridized carbons (Fsp3) is 0.500. The molecule has 21 heavy (non-hydrogen) atoms. The summed E-state index contributed by atoms with van der Waals surface area (Å²) in [6, 6.07) is 9.50. The summed E-state index contributed by atoms with van der Waals surface area (Å²) in [6.07, 6.45) is -2.01. The van der Waals surface area contributed by atoms with Gasteiger partial charge in [0.25, 0.3) is 0 Å². The van der Waals surface area contributed by atoms with Crippen molar-refractivity contribution in [2.24, 2.45) is 0 Å². The SMILES string of the molecule is CC(CNC1C=C(CO)C(O)C(O)C1O)c1ccccc1. The van der Waals surface area contributed by atoms with Crippen molar-refractivity contribution in [2.75, 3.05) is 13.2 Å². The monoisotopic (exact) mass is 293 g/mol. The van der Waals surface area contributed by atoms with Crippen molar-refractivity contribution in [3.63, 3.8) is 0 Å². The Morgan fingerprint density at radius 2 is 1.76 bits per heavy atom. The van der Waals surface area contributed by atoms with Gasteiger partial charge in [-0.3, -0.25) is 0 Å². The topological polar surface area (TPSA) is 93.0 Å². The smallest absolute Gasteiger partial charge is 0.111 e. The summed E-state index contributed by atoms with van der Waals surface area (Å²) in [6.45, 7) is 2.35. The van der Waals surface area contributed by atoms with Crippen LogP contribution in [-0.4, -0.2) is 57.9 Å². The number of benzene rings is 1. The van der Waals surface area contributed by atoms with Crippen molar-refractivity contribution in [1.29, 1.82) is 0 Å². The predicted molar refractivity (Wildman–Crippen MR) is 79.8 cm³/mol. The molecular formula is C16H23NO4. The summed E-state index contributed by atoms with van der Waals surface area (Å²) < 4.78 is 0. The molecule has 0 fully saturated rings. The molecule has 2 rings (SSSR count). The second kappa shape index (κ2) is 7.15. The van der Waals surface area contributed by atoms with Gasteiger partial charge in [-0.2, -0.15) is 0 Å². The maximum absolute atomic E-state index is 10.0. The minimum absolute atomic E-state index is 0.244. The van der Waals surface area contributed by atoms with Crippen molar-refractivity contribution < 1.29 is 20.4 Å². The summed E-state index contributed by atoms with van der Waals surface area (Å²) in [7, 11) is 0. The largest absolute Gasteiger partial charge is 0.392 e. The maximum atomic E-state index is 10.0. The lowest BCUT2D eigenvalue weighted by Crippen LogP contribution is -2.54. The van der Waals surface area contributed by atoms with Crippen molar-refractivity contribution in [3.05, 3.63) is 47.5 Å². The molecule has 0 spiro atoms. The van der Waals surface area contributed by atoms with Crippen LogP contribution >= 0.6 is 0 Å². The Balaban J connectivity index is 2.00. The molecule has 1 aliphatic rings. The first kappa shape index (κ1) is 16.1. The van der Waals surface area contributed by atoms with Gasteiger partial charge in [0.15, 0.2) is 0 Å². The highest BCUT2D eigenvalue weighted by molar-refractivity contribution is 5.23. The summed E-state index contributed by atoms with van der Waals surface area (Å²) in [5.41, 5.74) is 1.51. The zero-order valence-electron chi connectivity index (χ0n) is 12.1. The predicted octanol–water partition coefficient (Wildman–Crippen LogP) is -0.237. The number of hydrogen-bond donors (Lipinski definition) is 5. The Labute approximate surface area is 124 Å². The van der Waals surface area contributed by atoms with Crippen LogP contribution in [0.2, 0.25) is 0 Å². The molecule has 0 heterocycles. The quantitative estimate of drug-likeness (QED) is 0.483. The molecule has 5 nitrogen and oxygen atoms in total. The van der Waals surface area contributed by atoms with E-state index in [9.17, 15) is 20.4 Å². The molecule has 5 atom stereocenters. The van der Waals surface area contributed by atoms with E-state index in [1.54, 1.807) is 6.08 Å². The van der Waals surface area contributed by atoms with Crippen LogP contribution < -0.4 is 5.32 Å². The zero-order valence-corrected chi connectivity index (χ0v) is 12.1. The molecule has 116 valence electrons. The van der Waals surface area contributed by atoms with Crippen LogP contribution in [0.3, 0.4) is 0 Å². The van der Waals surface area contributed by atoms with Gasteiger partial charge in [-0.15, -0.1) is 0 Å². The molecule has 0 aromatic heterocycles. The van der Waals surface area contributed by atoms with Gasteiger partial charge in [0, 0.05) is 6.54 Å². The van der Waals surface area contributed by atoms with E-state index < -0.39 is 24.4 Å². The van der Waals surface area contributed by atoms with Crippen LogP contribution in [0.1, 0.15) is 18.4 Å². The van der Waals surface area contributed by atoms with Gasteiger partial charge in [0.05, 0.1) is 12.6 Å². The van der Waals surface area contributed by atoms with Gasteiger partial charge in [-0.05, 0) is 17.1 Å². The highest BCUT2D eigenvalue weighted by Gasteiger charge is 2.36. The molecule has 5 N–H and O–H groups in total. The van der Waals surface area contributed by atoms with E-state index in [-0.39, 0.29) is 12.5 Å². The van der Waals surface area contributed by atoms with Gasteiger partial charge in [-0.1, -0.05) is 43.3 Å². The third kappa shape index (κ3) is 3.70. The molecule has 0 saturated heterocycles. The molecule has 0 saturated carbocycles. The number of hydrogen-bond acceptors (Lipinski definition) is 5. The van der Waals surface area contributed by atoms with Gasteiger partial charge < -0.3 is 25.7 Å². The van der Waals surface area contributed by atoms with Gasteiger partial charge in [-0.25, -0.2) is 0 Å². The number of aliphatic hydroxyl groups is 4. The molecule has 0 radical (unpaired) electrons. The van der Waals surface area contributed by atoms with Gasteiger partial charge in [0.1, 0.15) is 18.3 Å². The molecular weight excluding hydrogens is 270 g/mol. The van der Waals surface area contributed by atoms with Crippen LogP contribution in [0.5, 0.6) is 0 Å². The number of nitrogens with one attached hydrogen (secondary N) is 1. The second-order valence-electron chi connectivity index (χ2n) is 5.57. The van der Waals surface area contributed by atoms with Crippen LogP contribution in [0.15, 0.2) is 42.0 Å². The molecule has 0 bridgehead atoms. The summed E-state index contributed by atoms with van der Waals surface area (Å²) in [5, 5.41) is 41.9. The first-order chi connectivity index (χ1) is 10.0. The highest BCUT2D eigenvalue weighted by Crippen LogP contribution is 2.21. The van der Waals surface area contributed by atoms with Crippen molar-refractivity contribution in [2.45, 2.75) is 37.2 Å². The Morgan fingerprint density at radius 3 is 2.38 bits per heavy atom. The molecule has 1 aromatic rings. The van der Waals surface area contributed by atoms with E-state index in [4.69, 9.17) is 0 Å². The second-order valence-corrected chi connectivity index (χ2v) is 5.57. The molecule has 0 aliphatic heterocycles. The molecule has 5 unspecified atom stereocenters. The van der Waals surface area contributed by atoms with E-state index in [0.717, 1.165) is 0 Å². The summed E-state index contributed by atoms with van der Waals surface area (Å²) >= 11 is 0. The van der Waals surface area contributed by atoms with Crippen molar-refractivity contribution in [3.8, 4) is 0 Å². The fourth-order valence-corrected chi connectivity index (χ4v) is 2.58. The van der Waals surface area contributed by atoms with E-state index in [2.05, 4.69) is 12.2 Å². The summed E-state index contributed by atoms with van der Waals surface area (Å²) in [4.78, 5) is 0. The van der Waals surface area contributed by atoms with Crippen LogP contribution in [0.4, 0.5) is 0 Å². The van der Waals surface area contributed by atoms with Crippen LogP contribution in [-0.2, 0) is 0 Å². The molecule has 5 heteroatoms. The average molecular weight is 293 g/mol. The fourth-order valence-electron chi connectivity index (χ4n) is 2.58. The van der Waals surface area contributed by atoms with Gasteiger partial charge in [0.2, 0.25) is 0 Å². The Morgan fingerprint density at radius 1 is 1.10 bits per heavy atom. The van der Waals surface area contributed by atoms with Crippen LogP contribution in [0.25, 0.3) is 0 Å². The molecule has 0 amide bonds. The highest BCUT2D eigenvalue weighted by atomic mass is 16.4. The first-order valence-electron chi connectivity index (χ1n) is 7.18. The average Bonchev–Trinajstić information content (AvgIpc) is 2.52. The lowest BCUT2D eigenvalue weighted by molar-refractivity contribution is -0.0642. The minimum atomic E-state index is -1.29. The number of rotatable bonds is 5. The number of aliphatic hydroxyl groups excluding tert-OH is 4. The Bertz CT molecular complexity index is 476. The van der Waals surface area contributed by atoms with E-state index in [0.29, 0.717) is 12.1 Å². The summed E-state index contributed by atoms with van der Waals surface area (Å²) in [5.74, 6) is 0.244. The zero-order chi connectivity index (χ0) is 15.4. The maximum Gasteiger partial charge on any atom is 0.111 e. The van der Waals surface area contributed by atoms with Crippen LogP contribution in [0, 0.1) is 0 Å². The standard InChI is InChI=1S/C16H23NO4/c1-10(11-5-3-2-4-6-11)8-17-13-7-12(9-18)14(19)16(21)15(13)20/h2-7,10,13-21H,8-9H2,1H3. The van der Waals surface area contributed by atoms with E-state index in [1.165, 1.54) is 5.56 Å². The first-order valence-corrected chi connectivity index (χ1v) is 7.18. The molecule has 1 aromatic carbocycles. The molecule has 1 aliphatic carbocycles. The third-order valence-corrected chi connectivity index (χ3v) is 4.03. The Kier molecular flexibility index (Phi) is 5.50. The third-order valence-electron chi connectivity index (χ3n) is 4.03. The van der Waals surface area contributed by atoms with E-state index in [1.807, 2.05) is 30.3 Å². The van der Waals surface area contributed by atoms with Crippen molar-refractivity contribution >= 4 is 0 Å². The Hall–Kier alpha value is -1.24. The van der Waals surface area contributed by atoms with Gasteiger partial charge >= 0.3 is 0 Å². The van der Waals surface area contributed by atoms with Crippen molar-refractivity contribution in [1.82, 2.24) is 5.32 Å². The lowest BCUT2D eigenvalue weighted by atomic mass is 9.88. The van der Waals surface area contributed by atoms with E-state index >= 15 is 0 Å². The lowest BCUT2D eigenvalue weighted by Gasteiger charge is -2.35. The normalized spacial score (nSPS) is 30.8.